The Balaban J connectivity index is 2.28. The number of hydrogen-bond acceptors (Lipinski definition) is 5. The number of fused-ring (bicyclic) bond motifs is 1. The Kier molecular flexibility index (Phi) is 3.39. The molecule has 0 saturated heterocycles. The van der Waals surface area contributed by atoms with Gasteiger partial charge in [-0.15, -0.1) is 0 Å². The summed E-state index contributed by atoms with van der Waals surface area (Å²) in [6.45, 7) is 2.16. The van der Waals surface area contributed by atoms with Crippen molar-refractivity contribution in [3.8, 4) is 5.75 Å². The lowest BCUT2D eigenvalue weighted by Gasteiger charge is -2.19. The number of ether oxygens (including phenoxy) is 1. The molecule has 0 amide bonds. The maximum atomic E-state index is 9.82. The Labute approximate surface area is 100 Å². The number of rotatable bonds is 4. The average molecular weight is 237 g/mol. The third-order valence-corrected chi connectivity index (χ3v) is 2.76. The van der Waals surface area contributed by atoms with E-state index in [9.17, 15) is 5.02 Å². The van der Waals surface area contributed by atoms with Crippen LogP contribution in [0.1, 0.15) is 18.9 Å². The van der Waals surface area contributed by atoms with Crippen molar-refractivity contribution in [2.24, 2.45) is 5.73 Å². The lowest BCUT2D eigenvalue weighted by molar-refractivity contribution is 0.0876. The highest BCUT2D eigenvalue weighted by Gasteiger charge is 2.43. The number of benzene rings is 1. The summed E-state index contributed by atoms with van der Waals surface area (Å²) in [5.41, 5.74) is 6.24. The molecule has 1 heterocycles. The van der Waals surface area contributed by atoms with E-state index in [4.69, 9.17) is 20.2 Å². The molecule has 0 fully saturated rings. The minimum atomic E-state index is -1.06. The van der Waals surface area contributed by atoms with E-state index >= 15 is 0 Å². The number of aliphatic hydroxyl groups excluding tert-OH is 1. The predicted octanol–water partition coefficient (Wildman–Crippen LogP) is -0.703. The smallest absolute Gasteiger partial charge is 0.494 e. The van der Waals surface area contributed by atoms with Crippen molar-refractivity contribution in [1.29, 1.82) is 0 Å². The fourth-order valence-corrected chi connectivity index (χ4v) is 1.96. The molecule has 17 heavy (non-hydrogen) atoms. The third-order valence-electron chi connectivity index (χ3n) is 2.76. The SMILES string of the molecule is C[C@]1(N)OB(O)c2c(OCCCO)cccc21. The second-order valence-corrected chi connectivity index (χ2v) is 4.22. The maximum Gasteiger partial charge on any atom is 0.497 e. The van der Waals surface area contributed by atoms with Gasteiger partial charge in [-0.2, -0.15) is 0 Å². The summed E-state index contributed by atoms with van der Waals surface area (Å²) < 4.78 is 10.8. The molecular weight excluding hydrogens is 221 g/mol. The van der Waals surface area contributed by atoms with Gasteiger partial charge in [0.1, 0.15) is 11.5 Å². The molecule has 92 valence electrons. The van der Waals surface area contributed by atoms with Crippen LogP contribution >= 0.6 is 0 Å². The van der Waals surface area contributed by atoms with Gasteiger partial charge in [-0.1, -0.05) is 12.1 Å². The van der Waals surface area contributed by atoms with Crippen molar-refractivity contribution in [3.05, 3.63) is 23.8 Å². The minimum Gasteiger partial charge on any atom is -0.494 e. The second-order valence-electron chi connectivity index (χ2n) is 4.22. The van der Waals surface area contributed by atoms with Crippen LogP contribution in [0.25, 0.3) is 0 Å². The molecule has 0 aliphatic carbocycles. The zero-order valence-corrected chi connectivity index (χ0v) is 9.72. The molecule has 2 rings (SSSR count). The molecule has 4 N–H and O–H groups in total. The van der Waals surface area contributed by atoms with Crippen LogP contribution in [0.2, 0.25) is 0 Å². The van der Waals surface area contributed by atoms with Gasteiger partial charge in [0.15, 0.2) is 0 Å². The first-order chi connectivity index (χ1) is 8.06. The Morgan fingerprint density at radius 2 is 2.29 bits per heavy atom. The van der Waals surface area contributed by atoms with E-state index < -0.39 is 12.8 Å². The second kappa shape index (κ2) is 4.66. The Bertz CT molecular complexity index is 410. The van der Waals surface area contributed by atoms with Gasteiger partial charge in [0, 0.05) is 24.1 Å². The summed E-state index contributed by atoms with van der Waals surface area (Å²) in [7, 11) is -1.06. The van der Waals surface area contributed by atoms with Crippen molar-refractivity contribution in [1.82, 2.24) is 0 Å². The van der Waals surface area contributed by atoms with Crippen LogP contribution in [0.15, 0.2) is 18.2 Å². The lowest BCUT2D eigenvalue weighted by Crippen LogP contribution is -2.34. The first-order valence-electron chi connectivity index (χ1n) is 5.58. The largest absolute Gasteiger partial charge is 0.497 e. The summed E-state index contributed by atoms with van der Waals surface area (Å²) in [4.78, 5) is 0. The molecule has 0 aromatic heterocycles. The molecule has 6 heteroatoms. The molecular formula is C11H16BNO4. The van der Waals surface area contributed by atoms with E-state index in [1.165, 1.54) is 0 Å². The molecule has 0 radical (unpaired) electrons. The van der Waals surface area contributed by atoms with Crippen LogP contribution in [0.5, 0.6) is 5.75 Å². The summed E-state index contributed by atoms with van der Waals surface area (Å²) in [5.74, 6) is 0.553. The molecule has 0 unspecified atom stereocenters. The highest BCUT2D eigenvalue weighted by Crippen LogP contribution is 2.28. The Morgan fingerprint density at radius 1 is 1.53 bits per heavy atom. The monoisotopic (exact) mass is 237 g/mol. The highest BCUT2D eigenvalue weighted by atomic mass is 16.6. The van der Waals surface area contributed by atoms with E-state index in [1.54, 1.807) is 19.1 Å². The minimum absolute atomic E-state index is 0.0721. The zero-order valence-electron chi connectivity index (χ0n) is 9.72. The zero-order chi connectivity index (χ0) is 12.5. The van der Waals surface area contributed by atoms with Crippen LogP contribution < -0.4 is 15.9 Å². The summed E-state index contributed by atoms with van der Waals surface area (Å²) in [6, 6.07) is 5.37. The highest BCUT2D eigenvalue weighted by molar-refractivity contribution is 6.63. The van der Waals surface area contributed by atoms with Gasteiger partial charge in [-0.25, -0.2) is 0 Å². The van der Waals surface area contributed by atoms with Gasteiger partial charge < -0.3 is 25.3 Å². The van der Waals surface area contributed by atoms with E-state index in [0.29, 0.717) is 24.2 Å². The van der Waals surface area contributed by atoms with Crippen LogP contribution in [0.4, 0.5) is 0 Å². The first kappa shape index (κ1) is 12.4. The number of aliphatic hydroxyl groups is 1. The molecule has 1 aromatic carbocycles. The van der Waals surface area contributed by atoms with Crippen LogP contribution in [-0.4, -0.2) is 30.5 Å². The van der Waals surface area contributed by atoms with Crippen molar-refractivity contribution >= 4 is 12.6 Å². The predicted molar refractivity (Wildman–Crippen MR) is 63.9 cm³/mol. The fraction of sp³-hybridized carbons (Fsp3) is 0.455. The summed E-state index contributed by atoms with van der Waals surface area (Å²) >= 11 is 0. The summed E-state index contributed by atoms with van der Waals surface area (Å²) in [6.07, 6.45) is 0.542. The van der Waals surface area contributed by atoms with Crippen molar-refractivity contribution in [2.75, 3.05) is 13.2 Å². The van der Waals surface area contributed by atoms with E-state index in [2.05, 4.69) is 0 Å². The third kappa shape index (κ3) is 2.30. The van der Waals surface area contributed by atoms with Gasteiger partial charge >= 0.3 is 7.12 Å². The maximum absolute atomic E-state index is 9.82. The first-order valence-corrected chi connectivity index (χ1v) is 5.58. The molecule has 1 atom stereocenters. The van der Waals surface area contributed by atoms with Crippen LogP contribution in [0.3, 0.4) is 0 Å². The van der Waals surface area contributed by atoms with E-state index in [1.807, 2.05) is 6.07 Å². The number of hydrogen-bond donors (Lipinski definition) is 3. The van der Waals surface area contributed by atoms with Gasteiger partial charge in [-0.05, 0) is 13.0 Å². The average Bonchev–Trinajstić information content (AvgIpc) is 2.51. The molecule has 1 aliphatic rings. The van der Waals surface area contributed by atoms with E-state index in [-0.39, 0.29) is 6.61 Å². The van der Waals surface area contributed by atoms with Gasteiger partial charge in [-0.3, -0.25) is 0 Å². The topological polar surface area (TPSA) is 84.9 Å². The van der Waals surface area contributed by atoms with E-state index in [0.717, 1.165) is 5.56 Å². The van der Waals surface area contributed by atoms with Gasteiger partial charge in [0.05, 0.1) is 6.61 Å². The van der Waals surface area contributed by atoms with Gasteiger partial charge in [0.2, 0.25) is 0 Å². The number of nitrogens with two attached hydrogens (primary N) is 1. The molecule has 1 aromatic rings. The molecule has 0 bridgehead atoms. The normalized spacial score (nSPS) is 22.7. The van der Waals surface area contributed by atoms with Crippen LogP contribution in [0, 0.1) is 0 Å². The quantitative estimate of drug-likeness (QED) is 0.476. The molecule has 0 spiro atoms. The molecule has 5 nitrogen and oxygen atoms in total. The standard InChI is InChI=1S/C11H16BNO4/c1-11(13)8-4-2-5-9(16-7-3-6-14)10(8)12(15)17-11/h2,4-5,14-15H,3,6-7,13H2,1H3/t11-/m0/s1. The van der Waals surface area contributed by atoms with Crippen molar-refractivity contribution < 1.29 is 19.5 Å². The lowest BCUT2D eigenvalue weighted by atomic mass is 9.78. The molecule has 0 saturated carbocycles. The van der Waals surface area contributed by atoms with Gasteiger partial charge in [0.25, 0.3) is 0 Å². The van der Waals surface area contributed by atoms with Crippen molar-refractivity contribution in [2.45, 2.75) is 19.1 Å². The Morgan fingerprint density at radius 3 is 3.00 bits per heavy atom. The van der Waals surface area contributed by atoms with Crippen LogP contribution in [-0.2, 0) is 10.4 Å². The summed E-state index contributed by atoms with van der Waals surface area (Å²) in [5, 5.41) is 18.5. The fourth-order valence-electron chi connectivity index (χ4n) is 1.96. The Hall–Kier alpha value is -1.08. The van der Waals surface area contributed by atoms with Crippen molar-refractivity contribution in [3.63, 3.8) is 0 Å². The molecule has 1 aliphatic heterocycles.